The maximum absolute atomic E-state index is 11.4. The Labute approximate surface area is 197 Å². The molecule has 0 amide bonds. The van der Waals surface area contributed by atoms with Crippen LogP contribution in [0.1, 0.15) is 12.5 Å². The number of carbonyl (C=O) groups is 1. The van der Waals surface area contributed by atoms with Gasteiger partial charge in [-0.25, -0.2) is 9.59 Å². The highest BCUT2D eigenvalue weighted by Gasteiger charge is 2.05. The second-order valence-corrected chi connectivity index (χ2v) is 7.73. The monoisotopic (exact) mass is 456 g/mol. The van der Waals surface area contributed by atoms with E-state index >= 15 is 0 Å². The molecule has 34 heavy (non-hydrogen) atoms. The summed E-state index contributed by atoms with van der Waals surface area (Å²) in [6.45, 7) is 5.99. The lowest BCUT2D eigenvalue weighted by Gasteiger charge is -2.10. The molecule has 6 heteroatoms. The molecule has 4 rings (SSSR count). The number of rotatable bonds is 9. The Bertz CT molecular complexity index is 1350. The number of esters is 1. The summed E-state index contributed by atoms with van der Waals surface area (Å²) in [4.78, 5) is 22.7. The highest BCUT2D eigenvalue weighted by molar-refractivity contribution is 5.86. The Morgan fingerprint density at radius 1 is 0.824 bits per heavy atom. The van der Waals surface area contributed by atoms with Gasteiger partial charge in [-0.15, -0.1) is 0 Å². The Morgan fingerprint density at radius 3 is 2.12 bits per heavy atom. The van der Waals surface area contributed by atoms with Gasteiger partial charge in [0.1, 0.15) is 36.9 Å². The average molecular weight is 456 g/mol. The van der Waals surface area contributed by atoms with Gasteiger partial charge in [0.15, 0.2) is 0 Å². The van der Waals surface area contributed by atoms with Crippen molar-refractivity contribution in [2.45, 2.75) is 13.5 Å². The van der Waals surface area contributed by atoms with E-state index in [1.807, 2.05) is 60.7 Å². The van der Waals surface area contributed by atoms with Crippen LogP contribution in [0.4, 0.5) is 0 Å². The molecular formula is C28H24O6. The van der Waals surface area contributed by atoms with Crippen molar-refractivity contribution in [1.29, 1.82) is 0 Å². The molecule has 1 aromatic heterocycles. The Hall–Kier alpha value is -4.32. The van der Waals surface area contributed by atoms with Crippen molar-refractivity contribution in [2.75, 3.05) is 13.2 Å². The third-order valence-electron chi connectivity index (χ3n) is 5.06. The van der Waals surface area contributed by atoms with Crippen LogP contribution in [0.15, 0.2) is 100 Å². The van der Waals surface area contributed by atoms with E-state index in [-0.39, 0.29) is 18.8 Å². The molecule has 1 heterocycles. The maximum atomic E-state index is 11.4. The van der Waals surface area contributed by atoms with E-state index in [9.17, 15) is 9.59 Å². The molecule has 0 N–H and O–H groups in total. The average Bonchev–Trinajstić information content (AvgIpc) is 2.86. The lowest BCUT2D eigenvalue weighted by Crippen LogP contribution is -2.12. The summed E-state index contributed by atoms with van der Waals surface area (Å²) in [5.41, 5.74) is 3.64. The van der Waals surface area contributed by atoms with Gasteiger partial charge < -0.3 is 18.6 Å². The Morgan fingerprint density at radius 2 is 1.47 bits per heavy atom. The number of hydrogen-bond donors (Lipinski definition) is 0. The molecule has 0 spiro atoms. The van der Waals surface area contributed by atoms with Crippen LogP contribution >= 0.6 is 0 Å². The van der Waals surface area contributed by atoms with Crippen LogP contribution in [0.25, 0.3) is 22.1 Å². The van der Waals surface area contributed by atoms with E-state index in [2.05, 4.69) is 6.58 Å². The molecule has 0 radical (unpaired) electrons. The summed E-state index contributed by atoms with van der Waals surface area (Å²) in [6.07, 6.45) is 0. The van der Waals surface area contributed by atoms with E-state index in [0.717, 1.165) is 27.8 Å². The predicted octanol–water partition coefficient (Wildman–Crippen LogP) is 5.54. The van der Waals surface area contributed by atoms with Crippen LogP contribution in [0.3, 0.4) is 0 Å². The topological polar surface area (TPSA) is 75.0 Å². The minimum Gasteiger partial charge on any atom is -0.490 e. The zero-order chi connectivity index (χ0) is 23.9. The lowest BCUT2D eigenvalue weighted by atomic mass is 10.1. The molecule has 3 aromatic carbocycles. The first-order valence-corrected chi connectivity index (χ1v) is 10.8. The van der Waals surface area contributed by atoms with Gasteiger partial charge >= 0.3 is 11.6 Å². The minimum absolute atomic E-state index is 0.171. The van der Waals surface area contributed by atoms with Crippen LogP contribution in [0, 0.1) is 0 Å². The predicted molar refractivity (Wildman–Crippen MR) is 130 cm³/mol. The van der Waals surface area contributed by atoms with Crippen molar-refractivity contribution < 1.29 is 23.4 Å². The summed E-state index contributed by atoms with van der Waals surface area (Å²) >= 11 is 0. The van der Waals surface area contributed by atoms with Gasteiger partial charge in [-0.3, -0.25) is 0 Å². The second kappa shape index (κ2) is 10.5. The van der Waals surface area contributed by atoms with Crippen molar-refractivity contribution in [3.63, 3.8) is 0 Å². The molecule has 6 nitrogen and oxygen atoms in total. The van der Waals surface area contributed by atoms with Crippen LogP contribution < -0.4 is 15.1 Å². The number of benzene rings is 3. The number of fused-ring (bicyclic) bond motifs is 1. The third kappa shape index (κ3) is 5.92. The van der Waals surface area contributed by atoms with Gasteiger partial charge in [-0.2, -0.15) is 0 Å². The highest BCUT2D eigenvalue weighted by Crippen LogP contribution is 2.25. The Kier molecular flexibility index (Phi) is 7.08. The first-order chi connectivity index (χ1) is 16.5. The summed E-state index contributed by atoms with van der Waals surface area (Å²) in [5.74, 6) is 1.04. The van der Waals surface area contributed by atoms with Crippen molar-refractivity contribution in [3.05, 3.63) is 107 Å². The standard InChI is InChI=1S/C28H24O6/c1-19(2)28(30)32-16-15-31-24-9-4-21(5-10-24)22-6-11-25(12-7-22)33-18-20-3-13-26-23(17-20)8-14-27(29)34-26/h3-14,17H,1,15-16,18H2,2H3. The fraction of sp³-hybridized carbons (Fsp3) is 0.143. The van der Waals surface area contributed by atoms with Gasteiger partial charge in [0.05, 0.1) is 0 Å². The zero-order valence-electron chi connectivity index (χ0n) is 18.8. The molecule has 0 unspecified atom stereocenters. The van der Waals surface area contributed by atoms with E-state index in [4.69, 9.17) is 18.6 Å². The lowest BCUT2D eigenvalue weighted by molar-refractivity contribution is -0.139. The molecule has 4 aromatic rings. The van der Waals surface area contributed by atoms with E-state index < -0.39 is 5.97 Å². The molecule has 0 bridgehead atoms. The molecule has 0 aliphatic carbocycles. The van der Waals surface area contributed by atoms with E-state index in [0.29, 0.717) is 23.5 Å². The molecule has 0 fully saturated rings. The van der Waals surface area contributed by atoms with Gasteiger partial charge in [0, 0.05) is 17.0 Å². The van der Waals surface area contributed by atoms with Crippen molar-refractivity contribution in [1.82, 2.24) is 0 Å². The third-order valence-corrected chi connectivity index (χ3v) is 5.06. The smallest absolute Gasteiger partial charge is 0.336 e. The van der Waals surface area contributed by atoms with Gasteiger partial charge in [0.2, 0.25) is 0 Å². The molecule has 0 aliphatic heterocycles. The maximum Gasteiger partial charge on any atom is 0.336 e. The van der Waals surface area contributed by atoms with E-state index in [1.54, 1.807) is 19.1 Å². The molecule has 0 aliphatic rings. The summed E-state index contributed by atoms with van der Waals surface area (Å²) in [6, 6.07) is 24.3. The molecular weight excluding hydrogens is 432 g/mol. The SMILES string of the molecule is C=C(C)C(=O)OCCOc1ccc(-c2ccc(OCc3ccc4oc(=O)ccc4c3)cc2)cc1. The van der Waals surface area contributed by atoms with Gasteiger partial charge in [0.25, 0.3) is 0 Å². The zero-order valence-corrected chi connectivity index (χ0v) is 18.8. The van der Waals surface area contributed by atoms with Crippen LogP contribution in [0.2, 0.25) is 0 Å². The number of carbonyl (C=O) groups excluding carboxylic acids is 1. The largest absolute Gasteiger partial charge is 0.490 e. The Balaban J connectivity index is 1.30. The normalized spacial score (nSPS) is 10.6. The summed E-state index contributed by atoms with van der Waals surface area (Å²) in [5, 5.41) is 0.858. The second-order valence-electron chi connectivity index (χ2n) is 7.73. The first kappa shape index (κ1) is 22.9. The van der Waals surface area contributed by atoms with Crippen LogP contribution in [-0.2, 0) is 16.1 Å². The van der Waals surface area contributed by atoms with E-state index in [1.165, 1.54) is 6.07 Å². The van der Waals surface area contributed by atoms with Gasteiger partial charge in [-0.1, -0.05) is 36.9 Å². The molecule has 172 valence electrons. The number of hydrogen-bond acceptors (Lipinski definition) is 6. The summed E-state index contributed by atoms with van der Waals surface area (Å²) < 4.78 is 21.7. The molecule has 0 saturated carbocycles. The van der Waals surface area contributed by atoms with Crippen molar-refractivity contribution in [3.8, 4) is 22.6 Å². The van der Waals surface area contributed by atoms with Crippen molar-refractivity contribution >= 4 is 16.9 Å². The molecule has 0 saturated heterocycles. The van der Waals surface area contributed by atoms with Gasteiger partial charge in [-0.05, 0) is 66.1 Å². The number of ether oxygens (including phenoxy) is 3. The summed E-state index contributed by atoms with van der Waals surface area (Å²) in [7, 11) is 0. The fourth-order valence-corrected chi connectivity index (χ4v) is 3.28. The fourth-order valence-electron chi connectivity index (χ4n) is 3.28. The molecule has 0 atom stereocenters. The minimum atomic E-state index is -0.418. The van der Waals surface area contributed by atoms with Crippen LogP contribution in [0.5, 0.6) is 11.5 Å². The first-order valence-electron chi connectivity index (χ1n) is 10.8. The van der Waals surface area contributed by atoms with Crippen molar-refractivity contribution in [2.24, 2.45) is 0 Å². The quantitative estimate of drug-likeness (QED) is 0.143. The van der Waals surface area contributed by atoms with Crippen LogP contribution in [-0.4, -0.2) is 19.2 Å². The highest BCUT2D eigenvalue weighted by atomic mass is 16.6.